The molecule has 0 aromatic heterocycles. The van der Waals surface area contributed by atoms with Gasteiger partial charge in [-0.1, -0.05) is 54.5 Å². The lowest BCUT2D eigenvalue weighted by molar-refractivity contribution is -1.04. The third-order valence-electron chi connectivity index (χ3n) is 7.05. The Labute approximate surface area is 232 Å². The number of benzene rings is 3. The van der Waals surface area contributed by atoms with Crippen LogP contribution in [-0.4, -0.2) is 87.0 Å². The second-order valence-corrected chi connectivity index (χ2v) is 9.91. The summed E-state index contributed by atoms with van der Waals surface area (Å²) >= 11 is 0. The summed E-state index contributed by atoms with van der Waals surface area (Å²) in [4.78, 5) is 2.14. The van der Waals surface area contributed by atoms with Crippen molar-refractivity contribution in [2.45, 2.75) is 40.0 Å². The monoisotopic (exact) mass is 533 g/mol. The Morgan fingerprint density at radius 3 is 1.95 bits per heavy atom. The zero-order chi connectivity index (χ0) is 28.4. The molecule has 39 heavy (non-hydrogen) atoms. The van der Waals surface area contributed by atoms with E-state index in [1.165, 1.54) is 0 Å². The molecule has 8 nitrogen and oxygen atoms in total. The molecule has 0 fully saturated rings. The van der Waals surface area contributed by atoms with E-state index in [9.17, 15) is 15.3 Å². The lowest BCUT2D eigenvalue weighted by Gasteiger charge is -2.43. The molecule has 0 amide bonds. The summed E-state index contributed by atoms with van der Waals surface area (Å²) in [5.41, 5.74) is 2.12. The standard InChI is InChI=1S/C31H41N5O3/c1-6-21-36(5,8-3)35(32-22-25-15-9-12-18-28(25)37)31(33(4)23-26-16-10-13-19-29(26)38)34(7-2)24-27-17-11-14-20-30(27)39/h9-20,22,24,31H,6-8,21,23H2,1-5H3,(H-,32,37,38)/p+2. The Morgan fingerprint density at radius 1 is 0.846 bits per heavy atom. The second-order valence-electron chi connectivity index (χ2n) is 9.91. The van der Waals surface area contributed by atoms with Crippen LogP contribution in [0.3, 0.4) is 0 Å². The number of hydrazone groups is 1. The molecule has 8 heteroatoms. The van der Waals surface area contributed by atoms with Gasteiger partial charge < -0.3 is 15.3 Å². The zero-order valence-electron chi connectivity index (χ0n) is 23.8. The van der Waals surface area contributed by atoms with E-state index in [0.29, 0.717) is 28.8 Å². The van der Waals surface area contributed by atoms with Crippen LogP contribution in [0.1, 0.15) is 43.9 Å². The van der Waals surface area contributed by atoms with E-state index >= 15 is 0 Å². The van der Waals surface area contributed by atoms with Crippen LogP contribution in [0.25, 0.3) is 0 Å². The first kappa shape index (κ1) is 29.7. The third kappa shape index (κ3) is 7.37. The highest BCUT2D eigenvalue weighted by atomic mass is 16.3. The van der Waals surface area contributed by atoms with Gasteiger partial charge in [-0.3, -0.25) is 0 Å². The van der Waals surface area contributed by atoms with Crippen molar-refractivity contribution in [2.24, 2.45) is 5.10 Å². The molecule has 3 aromatic carbocycles. The van der Waals surface area contributed by atoms with Crippen LogP contribution in [-0.2, 0) is 6.54 Å². The van der Waals surface area contributed by atoms with Crippen LogP contribution in [0.2, 0.25) is 0 Å². The average Bonchev–Trinajstić information content (AvgIpc) is 2.93. The van der Waals surface area contributed by atoms with E-state index in [0.717, 1.165) is 25.1 Å². The molecule has 3 rings (SSSR count). The maximum absolute atomic E-state index is 10.6. The van der Waals surface area contributed by atoms with Gasteiger partial charge in [-0.05, 0) is 57.6 Å². The van der Waals surface area contributed by atoms with Crippen LogP contribution >= 0.6 is 0 Å². The molecule has 0 spiro atoms. The molecule has 0 saturated carbocycles. The lowest BCUT2D eigenvalue weighted by Crippen LogP contribution is -2.65. The fourth-order valence-corrected chi connectivity index (χ4v) is 4.69. The number of aromatic hydroxyl groups is 3. The summed E-state index contributed by atoms with van der Waals surface area (Å²) in [6.45, 7) is 9.07. The molecule has 0 aliphatic rings. The Bertz CT molecular complexity index is 1280. The predicted molar refractivity (Wildman–Crippen MR) is 157 cm³/mol. The number of hydrogen-bond donors (Lipinski definition) is 3. The zero-order valence-corrected chi connectivity index (χ0v) is 23.8. The van der Waals surface area contributed by atoms with E-state index in [2.05, 4.69) is 42.4 Å². The normalized spacial score (nSPS) is 14.5. The van der Waals surface area contributed by atoms with Gasteiger partial charge in [-0.2, -0.15) is 9.17 Å². The molecule has 3 aromatic rings. The van der Waals surface area contributed by atoms with Gasteiger partial charge in [0, 0.05) is 17.7 Å². The smallest absolute Gasteiger partial charge is 0.349 e. The Balaban J connectivity index is 2.21. The molecule has 0 radical (unpaired) electrons. The molecule has 0 aliphatic carbocycles. The van der Waals surface area contributed by atoms with Gasteiger partial charge in [-0.15, -0.1) is 5.10 Å². The van der Waals surface area contributed by atoms with Gasteiger partial charge in [-0.25, -0.2) is 4.90 Å². The van der Waals surface area contributed by atoms with Gasteiger partial charge in [0.15, 0.2) is 6.21 Å². The second kappa shape index (κ2) is 13.8. The van der Waals surface area contributed by atoms with Crippen molar-refractivity contribution in [3.8, 4) is 17.2 Å². The number of para-hydroxylation sites is 3. The molecule has 2 atom stereocenters. The van der Waals surface area contributed by atoms with Gasteiger partial charge in [0.25, 0.3) is 0 Å². The highest BCUT2D eigenvalue weighted by Gasteiger charge is 2.43. The Kier molecular flexibility index (Phi) is 10.5. The van der Waals surface area contributed by atoms with Gasteiger partial charge in [0.05, 0.1) is 25.4 Å². The fourth-order valence-electron chi connectivity index (χ4n) is 4.69. The quantitative estimate of drug-likeness (QED) is 0.0967. The van der Waals surface area contributed by atoms with Gasteiger partial charge >= 0.3 is 6.29 Å². The van der Waals surface area contributed by atoms with Crippen molar-refractivity contribution in [1.29, 1.82) is 0 Å². The number of hydrogen-bond acceptors (Lipinski definition) is 6. The lowest BCUT2D eigenvalue weighted by atomic mass is 10.2. The largest absolute Gasteiger partial charge is 0.508 e. The van der Waals surface area contributed by atoms with Gasteiger partial charge in [0.1, 0.15) is 30.3 Å². The summed E-state index contributed by atoms with van der Waals surface area (Å²) in [7, 11) is 4.16. The van der Waals surface area contributed by atoms with Crippen molar-refractivity contribution in [2.75, 3.05) is 33.7 Å². The maximum atomic E-state index is 10.6. The highest BCUT2D eigenvalue weighted by Crippen LogP contribution is 2.24. The topological polar surface area (TPSA) is 82.5 Å². The summed E-state index contributed by atoms with van der Waals surface area (Å²) < 4.78 is 2.64. The van der Waals surface area contributed by atoms with Gasteiger partial charge in [0.2, 0.25) is 0 Å². The minimum Gasteiger partial charge on any atom is -0.508 e. The molecule has 208 valence electrons. The molecule has 0 saturated heterocycles. The van der Waals surface area contributed by atoms with Crippen LogP contribution in [0.5, 0.6) is 17.2 Å². The van der Waals surface area contributed by atoms with Crippen LogP contribution < -0.4 is 0 Å². The van der Waals surface area contributed by atoms with Crippen LogP contribution in [0.4, 0.5) is 0 Å². The van der Waals surface area contributed by atoms with E-state index < -0.39 is 6.29 Å². The number of quaternary nitrogens is 1. The molecule has 2 unspecified atom stereocenters. The molecule has 0 bridgehead atoms. The first-order valence-corrected chi connectivity index (χ1v) is 13.6. The molecular weight excluding hydrogens is 490 g/mol. The van der Waals surface area contributed by atoms with Crippen molar-refractivity contribution < 1.29 is 24.5 Å². The molecule has 3 N–H and O–H groups in total. The number of phenolic OH excluding ortho intramolecular Hbond substituents is 3. The van der Waals surface area contributed by atoms with Crippen molar-refractivity contribution in [3.05, 3.63) is 89.5 Å². The van der Waals surface area contributed by atoms with Crippen molar-refractivity contribution in [3.63, 3.8) is 0 Å². The molecule has 0 heterocycles. The fraction of sp³-hybridized carbons (Fsp3) is 0.355. The minimum atomic E-state index is -0.409. The summed E-state index contributed by atoms with van der Waals surface area (Å²) in [6, 6.07) is 21.8. The minimum absolute atomic E-state index is 0.162. The van der Waals surface area contributed by atoms with Crippen LogP contribution in [0, 0.1) is 0 Å². The van der Waals surface area contributed by atoms with E-state index in [1.807, 2.05) is 55.7 Å². The molecular formula is C31H43N5O3+2. The first-order chi connectivity index (χ1) is 18.7. The van der Waals surface area contributed by atoms with E-state index in [-0.39, 0.29) is 17.2 Å². The third-order valence-corrected chi connectivity index (χ3v) is 7.05. The summed E-state index contributed by atoms with van der Waals surface area (Å²) in [6.07, 6.45) is 4.19. The van der Waals surface area contributed by atoms with Crippen molar-refractivity contribution in [1.82, 2.24) is 10.0 Å². The number of nitrogens with zero attached hydrogens (tertiary/aromatic N) is 5. The van der Waals surface area contributed by atoms with E-state index in [1.54, 1.807) is 36.5 Å². The highest BCUT2D eigenvalue weighted by molar-refractivity contribution is 5.83. The van der Waals surface area contributed by atoms with E-state index in [4.69, 9.17) is 5.10 Å². The predicted octanol–water partition coefficient (Wildman–Crippen LogP) is 4.80. The van der Waals surface area contributed by atoms with Crippen molar-refractivity contribution >= 4 is 12.4 Å². The number of phenols is 3. The first-order valence-electron chi connectivity index (χ1n) is 13.6. The Morgan fingerprint density at radius 2 is 1.41 bits per heavy atom. The SMILES string of the molecule is CCC[N+](C)(CC)N(N=Cc1ccccc1O)C(N(C)Cc1ccccc1O)[N+](=Cc1ccccc1O)CC. The summed E-state index contributed by atoms with van der Waals surface area (Å²) in [5, 5.41) is 38.7. The molecule has 0 aliphatic heterocycles. The average molecular weight is 534 g/mol. The number of rotatable bonds is 13. The Hall–Kier alpha value is -3.88. The summed E-state index contributed by atoms with van der Waals surface area (Å²) in [5.74, 6) is 0.597. The van der Waals surface area contributed by atoms with Crippen LogP contribution in [0.15, 0.2) is 77.9 Å². The maximum Gasteiger partial charge on any atom is 0.349 e.